The fourth-order valence-electron chi connectivity index (χ4n) is 3.28. The highest BCUT2D eigenvalue weighted by atomic mass is 16.2. The van der Waals surface area contributed by atoms with Gasteiger partial charge >= 0.3 is 6.03 Å². The minimum Gasteiger partial charge on any atom is -0.338 e. The fraction of sp³-hybridized carbons (Fsp3) is 0.200. The molecule has 0 atom stereocenters. The van der Waals surface area contributed by atoms with Crippen LogP contribution in [0.4, 0.5) is 10.5 Å². The summed E-state index contributed by atoms with van der Waals surface area (Å²) in [6, 6.07) is 14.4. The summed E-state index contributed by atoms with van der Waals surface area (Å²) < 4.78 is 2.00. The average Bonchev–Trinajstić information content (AvgIpc) is 3.25. The van der Waals surface area contributed by atoms with Gasteiger partial charge in [-0.25, -0.2) is 9.78 Å². The van der Waals surface area contributed by atoms with E-state index in [4.69, 9.17) is 0 Å². The molecule has 5 heteroatoms. The number of urea groups is 1. The largest absolute Gasteiger partial charge is 0.338 e. The van der Waals surface area contributed by atoms with Gasteiger partial charge in [0.15, 0.2) is 0 Å². The molecular weight excluding hydrogens is 312 g/mol. The van der Waals surface area contributed by atoms with Crippen LogP contribution in [0.3, 0.4) is 0 Å². The monoisotopic (exact) mass is 332 g/mol. The van der Waals surface area contributed by atoms with E-state index in [0.29, 0.717) is 6.54 Å². The summed E-state index contributed by atoms with van der Waals surface area (Å²) in [7, 11) is 0. The Hall–Kier alpha value is -3.08. The topological polar surface area (TPSA) is 59.0 Å². The number of imidazole rings is 1. The van der Waals surface area contributed by atoms with Crippen molar-refractivity contribution >= 4 is 11.7 Å². The van der Waals surface area contributed by atoms with Crippen LogP contribution in [-0.2, 0) is 13.0 Å². The van der Waals surface area contributed by atoms with E-state index in [-0.39, 0.29) is 6.03 Å². The summed E-state index contributed by atoms with van der Waals surface area (Å²) in [6.07, 6.45) is 7.24. The minimum absolute atomic E-state index is 0.166. The van der Waals surface area contributed by atoms with Crippen LogP contribution in [0, 0.1) is 0 Å². The molecule has 0 spiro atoms. The number of benzene rings is 2. The normalized spacial score (nSPS) is 11.7. The average molecular weight is 332 g/mol. The second-order valence-corrected chi connectivity index (χ2v) is 6.24. The van der Waals surface area contributed by atoms with Crippen LogP contribution in [0.15, 0.2) is 61.2 Å². The molecule has 0 radical (unpaired) electrons. The zero-order valence-electron chi connectivity index (χ0n) is 13.9. The molecule has 2 amide bonds. The Morgan fingerprint density at radius 2 is 2.00 bits per heavy atom. The van der Waals surface area contributed by atoms with Gasteiger partial charge in [-0.05, 0) is 47.2 Å². The van der Waals surface area contributed by atoms with Crippen molar-refractivity contribution in [2.24, 2.45) is 0 Å². The second kappa shape index (κ2) is 6.81. The van der Waals surface area contributed by atoms with Gasteiger partial charge in [-0.2, -0.15) is 0 Å². The molecule has 1 aliphatic carbocycles. The first-order valence-electron chi connectivity index (χ1n) is 8.51. The molecular formula is C20H20N4O. The van der Waals surface area contributed by atoms with Gasteiger partial charge in [-0.3, -0.25) is 0 Å². The van der Waals surface area contributed by atoms with Crippen LogP contribution in [0.5, 0.6) is 0 Å². The van der Waals surface area contributed by atoms with Crippen molar-refractivity contribution in [1.82, 2.24) is 14.9 Å². The Labute approximate surface area is 146 Å². The second-order valence-electron chi connectivity index (χ2n) is 6.24. The molecule has 3 aromatic rings. The Morgan fingerprint density at radius 1 is 1.12 bits per heavy atom. The van der Waals surface area contributed by atoms with Crippen molar-refractivity contribution in [1.29, 1.82) is 0 Å². The van der Waals surface area contributed by atoms with Gasteiger partial charge in [0.1, 0.15) is 0 Å². The zero-order chi connectivity index (χ0) is 17.1. The molecule has 25 heavy (non-hydrogen) atoms. The molecule has 0 bridgehead atoms. The van der Waals surface area contributed by atoms with Crippen LogP contribution in [0.2, 0.25) is 0 Å². The minimum atomic E-state index is -0.166. The summed E-state index contributed by atoms with van der Waals surface area (Å²) in [5.41, 5.74) is 6.01. The molecule has 126 valence electrons. The first-order chi connectivity index (χ1) is 12.3. The predicted molar refractivity (Wildman–Crippen MR) is 98.5 cm³/mol. The van der Waals surface area contributed by atoms with Crippen LogP contribution >= 0.6 is 0 Å². The van der Waals surface area contributed by atoms with E-state index in [9.17, 15) is 4.79 Å². The van der Waals surface area contributed by atoms with E-state index in [2.05, 4.69) is 52.0 Å². The Kier molecular flexibility index (Phi) is 4.21. The number of rotatable bonds is 5. The highest BCUT2D eigenvalue weighted by molar-refractivity contribution is 5.90. The zero-order valence-corrected chi connectivity index (χ0v) is 13.9. The van der Waals surface area contributed by atoms with Crippen molar-refractivity contribution in [2.75, 3.05) is 11.9 Å². The van der Waals surface area contributed by atoms with E-state index in [1.807, 2.05) is 16.8 Å². The van der Waals surface area contributed by atoms with Gasteiger partial charge in [0.05, 0.1) is 6.33 Å². The predicted octanol–water partition coefficient (Wildman–Crippen LogP) is 3.67. The lowest BCUT2D eigenvalue weighted by Gasteiger charge is -2.09. The Bertz CT molecular complexity index is 886. The number of hydrogen-bond acceptors (Lipinski definition) is 2. The molecule has 0 unspecified atom stereocenters. The lowest BCUT2D eigenvalue weighted by atomic mass is 10.1. The lowest BCUT2D eigenvalue weighted by Crippen LogP contribution is -2.30. The number of carbonyl (C=O) groups excluding carboxylic acids is 1. The highest BCUT2D eigenvalue weighted by Gasteiger charge is 2.18. The fourth-order valence-corrected chi connectivity index (χ4v) is 3.28. The third kappa shape index (κ3) is 3.40. The lowest BCUT2D eigenvalue weighted by molar-refractivity contribution is 0.252. The van der Waals surface area contributed by atoms with Gasteiger partial charge in [0, 0.05) is 31.2 Å². The van der Waals surface area contributed by atoms with Crippen LogP contribution in [-0.4, -0.2) is 22.1 Å². The van der Waals surface area contributed by atoms with Gasteiger partial charge in [0.2, 0.25) is 0 Å². The maximum Gasteiger partial charge on any atom is 0.319 e. The molecule has 2 N–H and O–H groups in total. The molecule has 5 nitrogen and oxygen atoms in total. The summed E-state index contributed by atoms with van der Waals surface area (Å²) >= 11 is 0. The summed E-state index contributed by atoms with van der Waals surface area (Å²) in [4.78, 5) is 16.0. The highest BCUT2D eigenvalue weighted by Crippen LogP contribution is 2.37. The first kappa shape index (κ1) is 15.4. The molecule has 0 fully saturated rings. The number of aromatic nitrogens is 2. The number of carbonyl (C=O) groups is 1. The smallest absolute Gasteiger partial charge is 0.319 e. The molecule has 0 aliphatic heterocycles. The summed E-state index contributed by atoms with van der Waals surface area (Å²) in [6.45, 7) is 1.47. The van der Waals surface area contributed by atoms with E-state index < -0.39 is 0 Å². The Balaban J connectivity index is 1.31. The van der Waals surface area contributed by atoms with Crippen molar-refractivity contribution < 1.29 is 4.79 Å². The molecule has 1 aliphatic rings. The van der Waals surface area contributed by atoms with Gasteiger partial charge in [0.25, 0.3) is 0 Å². The van der Waals surface area contributed by atoms with Crippen molar-refractivity contribution in [3.8, 4) is 11.1 Å². The molecule has 0 saturated carbocycles. The maximum absolute atomic E-state index is 12.1. The third-order valence-corrected chi connectivity index (χ3v) is 4.49. The number of amides is 2. The van der Waals surface area contributed by atoms with Crippen molar-refractivity contribution in [3.05, 3.63) is 72.3 Å². The molecule has 0 saturated heterocycles. The van der Waals surface area contributed by atoms with Crippen LogP contribution in [0.25, 0.3) is 11.1 Å². The number of nitrogens with zero attached hydrogens (tertiary/aromatic N) is 2. The number of hydrogen-bond donors (Lipinski definition) is 2. The van der Waals surface area contributed by atoms with E-state index in [0.717, 1.165) is 25.1 Å². The standard InChI is InChI=1S/C20H20N4O/c25-20(22-8-3-10-24-11-9-21-14-24)23-17-6-7-19-16(13-17)12-15-4-1-2-5-18(15)19/h1-2,4-7,9,11,13-14H,3,8,10,12H2,(H2,22,23,25). The van der Waals surface area contributed by atoms with E-state index in [1.54, 1.807) is 12.5 Å². The van der Waals surface area contributed by atoms with Crippen molar-refractivity contribution in [2.45, 2.75) is 19.4 Å². The van der Waals surface area contributed by atoms with Gasteiger partial charge < -0.3 is 15.2 Å². The van der Waals surface area contributed by atoms with Gasteiger partial charge in [-0.15, -0.1) is 0 Å². The number of anilines is 1. The maximum atomic E-state index is 12.1. The molecule has 1 aromatic heterocycles. The summed E-state index contributed by atoms with van der Waals surface area (Å²) in [5, 5.41) is 5.82. The Morgan fingerprint density at radius 3 is 2.88 bits per heavy atom. The number of fused-ring (bicyclic) bond motifs is 3. The molecule has 2 aromatic carbocycles. The molecule has 1 heterocycles. The van der Waals surface area contributed by atoms with Crippen LogP contribution in [0.1, 0.15) is 17.5 Å². The SMILES string of the molecule is O=C(NCCCn1ccnc1)Nc1ccc2c(c1)Cc1ccccc1-2. The first-order valence-corrected chi connectivity index (χ1v) is 8.51. The number of nitrogens with one attached hydrogen (secondary N) is 2. The third-order valence-electron chi connectivity index (χ3n) is 4.49. The number of aryl methyl sites for hydroxylation is 1. The van der Waals surface area contributed by atoms with Gasteiger partial charge in [-0.1, -0.05) is 30.3 Å². The summed E-state index contributed by atoms with van der Waals surface area (Å²) in [5.74, 6) is 0. The van der Waals surface area contributed by atoms with E-state index in [1.165, 1.54) is 22.3 Å². The van der Waals surface area contributed by atoms with Crippen molar-refractivity contribution in [3.63, 3.8) is 0 Å². The van der Waals surface area contributed by atoms with E-state index >= 15 is 0 Å². The van der Waals surface area contributed by atoms with Crippen LogP contribution < -0.4 is 10.6 Å². The molecule has 4 rings (SSSR count). The quantitative estimate of drug-likeness (QED) is 0.548.